The molecule has 0 atom stereocenters. The standard InChI is InChI=1S/C27H33Ge.CNO/c1-16-10-19(4)25(20(5)11-16)28(26-21(6)12-17(2)13-22(26)7)27-23(8)14-18(3)15-24(27)9;2-1-3/h10-15H,1-9H3;/q;-1. The molecule has 0 N–H and O–H groups in total. The molecule has 0 heterocycles. The quantitative estimate of drug-likeness (QED) is 0.305. The van der Waals surface area contributed by atoms with Gasteiger partial charge in [0.15, 0.2) is 0 Å². The Morgan fingerprint density at radius 1 is 0.516 bits per heavy atom. The average molecular weight is 472 g/mol. The molecule has 0 aromatic heterocycles. The third kappa shape index (κ3) is 5.44. The molecular weight excluding hydrogens is 439 g/mol. The van der Waals surface area contributed by atoms with Gasteiger partial charge in [-0.3, -0.25) is 4.79 Å². The van der Waals surface area contributed by atoms with Crippen molar-refractivity contribution in [3.63, 3.8) is 0 Å². The molecule has 0 bridgehead atoms. The SMILES string of the molecule is Cc1cc(C)[c]([Ge]([c]2c(C)cc(C)cc2C)[c]2c(C)cc(C)cc2C)c(C)c1.[N-]=C=O. The van der Waals surface area contributed by atoms with Gasteiger partial charge in [0.1, 0.15) is 0 Å². The molecule has 3 aromatic rings. The summed E-state index contributed by atoms with van der Waals surface area (Å²) in [4.78, 5) is 8.24. The summed E-state index contributed by atoms with van der Waals surface area (Å²) in [5.74, 6) is 0. The second kappa shape index (κ2) is 10.3. The first-order valence-corrected chi connectivity index (χ1v) is 13.8. The maximum atomic E-state index is 8.24. The van der Waals surface area contributed by atoms with Crippen LogP contribution in [0.2, 0.25) is 0 Å². The Balaban J connectivity index is 0.00000107. The minimum atomic E-state index is -1.98. The first-order chi connectivity index (χ1) is 14.5. The van der Waals surface area contributed by atoms with Crippen molar-refractivity contribution in [1.29, 1.82) is 0 Å². The molecule has 3 heteroatoms. The predicted molar refractivity (Wildman–Crippen MR) is 136 cm³/mol. The van der Waals surface area contributed by atoms with E-state index in [1.807, 2.05) is 0 Å². The maximum absolute atomic E-state index is 8.24. The molecule has 3 aromatic carbocycles. The van der Waals surface area contributed by atoms with E-state index in [0.29, 0.717) is 6.08 Å². The van der Waals surface area contributed by atoms with E-state index in [-0.39, 0.29) is 0 Å². The molecule has 0 saturated carbocycles. The predicted octanol–water partition coefficient (Wildman–Crippen LogP) is 4.87. The van der Waals surface area contributed by atoms with Crippen molar-refractivity contribution in [2.45, 2.75) is 62.3 Å². The van der Waals surface area contributed by atoms with E-state index in [1.165, 1.54) is 50.1 Å². The van der Waals surface area contributed by atoms with Crippen LogP contribution in [0.1, 0.15) is 50.1 Å². The summed E-state index contributed by atoms with van der Waals surface area (Å²) in [7, 11) is 0. The van der Waals surface area contributed by atoms with Gasteiger partial charge in [-0.05, 0) is 6.08 Å². The Bertz CT molecular complexity index is 948. The second-order valence-corrected chi connectivity index (χ2v) is 13.5. The molecule has 0 aliphatic carbocycles. The molecule has 0 aliphatic heterocycles. The molecule has 0 amide bonds. The van der Waals surface area contributed by atoms with Crippen molar-refractivity contribution in [3.05, 3.63) is 91.9 Å². The Morgan fingerprint density at radius 2 is 0.677 bits per heavy atom. The normalized spacial score (nSPS) is 10.5. The van der Waals surface area contributed by atoms with Crippen molar-refractivity contribution in [3.8, 4) is 0 Å². The minimum absolute atomic E-state index is 0.500. The number of nitrogens with zero attached hydrogens (tertiary/aromatic N) is 1. The summed E-state index contributed by atoms with van der Waals surface area (Å²) >= 11 is -1.98. The molecule has 0 spiro atoms. The summed E-state index contributed by atoms with van der Waals surface area (Å²) in [6.45, 7) is 20.6. The summed E-state index contributed by atoms with van der Waals surface area (Å²) in [5.41, 5.74) is 12.9. The van der Waals surface area contributed by atoms with Crippen LogP contribution in [0.15, 0.2) is 36.4 Å². The van der Waals surface area contributed by atoms with Gasteiger partial charge in [-0.1, -0.05) is 0 Å². The number of hydrogen-bond acceptors (Lipinski definition) is 1. The fraction of sp³-hybridized carbons (Fsp3) is 0.321. The van der Waals surface area contributed by atoms with E-state index in [9.17, 15) is 0 Å². The zero-order valence-corrected chi connectivity index (χ0v) is 22.4. The van der Waals surface area contributed by atoms with E-state index in [4.69, 9.17) is 10.2 Å². The molecule has 0 aliphatic rings. The van der Waals surface area contributed by atoms with E-state index >= 15 is 0 Å². The fourth-order valence-electron chi connectivity index (χ4n) is 5.10. The molecule has 0 unspecified atom stereocenters. The molecule has 0 saturated heterocycles. The van der Waals surface area contributed by atoms with Crippen molar-refractivity contribution in [2.75, 3.05) is 0 Å². The van der Waals surface area contributed by atoms with Crippen LogP contribution in [0.3, 0.4) is 0 Å². The number of hydrogen-bond donors (Lipinski definition) is 0. The maximum Gasteiger partial charge on any atom is -0.0159 e. The van der Waals surface area contributed by atoms with Crippen LogP contribution in [0.4, 0.5) is 0 Å². The van der Waals surface area contributed by atoms with Gasteiger partial charge in [0, 0.05) is 0 Å². The second-order valence-electron chi connectivity index (χ2n) is 8.79. The van der Waals surface area contributed by atoms with Gasteiger partial charge in [-0.25, -0.2) is 0 Å². The van der Waals surface area contributed by atoms with E-state index in [1.54, 1.807) is 13.2 Å². The van der Waals surface area contributed by atoms with Crippen molar-refractivity contribution >= 4 is 33.6 Å². The molecular formula is C28H33GeNO-. The Labute approximate surface area is 192 Å². The van der Waals surface area contributed by atoms with Crippen molar-refractivity contribution < 1.29 is 4.79 Å². The first-order valence-electron chi connectivity index (χ1n) is 10.6. The molecule has 31 heavy (non-hydrogen) atoms. The van der Waals surface area contributed by atoms with Gasteiger partial charge in [0.25, 0.3) is 0 Å². The molecule has 3 rings (SSSR count). The molecule has 161 valence electrons. The summed E-state index contributed by atoms with van der Waals surface area (Å²) in [6, 6.07) is 14.3. The van der Waals surface area contributed by atoms with Gasteiger partial charge >= 0.3 is 176 Å². The largest absolute Gasteiger partial charge is 0.724 e. The van der Waals surface area contributed by atoms with Crippen molar-refractivity contribution in [2.24, 2.45) is 0 Å². The number of aryl methyl sites for hydroxylation is 9. The zero-order valence-electron chi connectivity index (χ0n) is 20.3. The van der Waals surface area contributed by atoms with E-state index in [0.717, 1.165) is 0 Å². The first kappa shape index (κ1) is 24.8. The van der Waals surface area contributed by atoms with Crippen LogP contribution in [0, 0.1) is 62.3 Å². The summed E-state index contributed by atoms with van der Waals surface area (Å²) in [6.07, 6.45) is 0.500. The van der Waals surface area contributed by atoms with Crippen LogP contribution in [-0.2, 0) is 4.79 Å². The molecule has 2 nitrogen and oxygen atoms in total. The topological polar surface area (TPSA) is 39.4 Å². The van der Waals surface area contributed by atoms with Crippen LogP contribution in [0.25, 0.3) is 5.41 Å². The zero-order chi connectivity index (χ0) is 23.5. The monoisotopic (exact) mass is 473 g/mol. The number of benzene rings is 3. The van der Waals surface area contributed by atoms with E-state index < -0.39 is 14.3 Å². The van der Waals surface area contributed by atoms with Crippen LogP contribution < -0.4 is 13.2 Å². The Morgan fingerprint density at radius 3 is 0.839 bits per heavy atom. The molecule has 1 radical (unpaired) electrons. The van der Waals surface area contributed by atoms with Gasteiger partial charge in [0.05, 0.1) is 0 Å². The average Bonchev–Trinajstić information content (AvgIpc) is 2.59. The number of rotatable bonds is 3. The van der Waals surface area contributed by atoms with Crippen LogP contribution in [0.5, 0.6) is 0 Å². The van der Waals surface area contributed by atoms with Gasteiger partial charge in [0.2, 0.25) is 0 Å². The smallest absolute Gasteiger partial charge is 0.0159 e. The molecule has 0 fully saturated rings. The van der Waals surface area contributed by atoms with Gasteiger partial charge in [-0.2, -0.15) is 0 Å². The third-order valence-electron chi connectivity index (χ3n) is 5.78. The minimum Gasteiger partial charge on any atom is -0.724 e. The summed E-state index contributed by atoms with van der Waals surface area (Å²) in [5, 5.41) is 6.76. The van der Waals surface area contributed by atoms with Gasteiger partial charge in [-0.15, -0.1) is 0 Å². The third-order valence-corrected chi connectivity index (χ3v) is 13.9. The number of isocyanates is 1. The Kier molecular flexibility index (Phi) is 8.23. The van der Waals surface area contributed by atoms with Crippen molar-refractivity contribution in [1.82, 2.24) is 0 Å². The summed E-state index contributed by atoms with van der Waals surface area (Å²) < 4.78 is 4.90. The van der Waals surface area contributed by atoms with Gasteiger partial charge < -0.3 is 5.41 Å². The van der Waals surface area contributed by atoms with Crippen LogP contribution in [-0.4, -0.2) is 20.4 Å². The van der Waals surface area contributed by atoms with Crippen LogP contribution >= 0.6 is 0 Å². The fourth-order valence-corrected chi connectivity index (χ4v) is 12.5. The Hall–Kier alpha value is -2.42. The van der Waals surface area contributed by atoms with E-state index in [2.05, 4.69) is 98.7 Å². The number of carbonyl (C=O) groups excluding carboxylic acids is 1.